The highest BCUT2D eigenvalue weighted by atomic mass is 16.5. The average Bonchev–Trinajstić information content (AvgIpc) is 3.26. The van der Waals surface area contributed by atoms with Crippen molar-refractivity contribution in [3.8, 4) is 0 Å². The van der Waals surface area contributed by atoms with Crippen LogP contribution in [-0.4, -0.2) is 51.7 Å². The number of pyridine rings is 1. The van der Waals surface area contributed by atoms with Crippen molar-refractivity contribution >= 4 is 5.91 Å². The van der Waals surface area contributed by atoms with Crippen LogP contribution < -0.4 is 0 Å². The van der Waals surface area contributed by atoms with Gasteiger partial charge in [0.1, 0.15) is 0 Å². The molecule has 0 aromatic carbocycles. The summed E-state index contributed by atoms with van der Waals surface area (Å²) < 4.78 is 11.1. The van der Waals surface area contributed by atoms with Crippen molar-refractivity contribution < 1.29 is 14.1 Å². The number of ether oxygens (including phenoxy) is 1. The normalized spacial score (nSPS) is 25.9. The summed E-state index contributed by atoms with van der Waals surface area (Å²) in [4.78, 5) is 22.9. The van der Waals surface area contributed by atoms with Gasteiger partial charge < -0.3 is 14.2 Å². The number of carbonyl (C=O) groups excluding carboxylic acids is 1. The maximum absolute atomic E-state index is 12.5. The van der Waals surface area contributed by atoms with Crippen LogP contribution in [0.1, 0.15) is 17.4 Å². The Bertz CT molecular complexity index is 718. The molecule has 0 N–H and O–H groups in total. The first-order valence-corrected chi connectivity index (χ1v) is 8.27. The third kappa shape index (κ3) is 3.03. The van der Waals surface area contributed by atoms with E-state index >= 15 is 0 Å². The lowest BCUT2D eigenvalue weighted by Gasteiger charge is -2.19. The quantitative estimate of drug-likeness (QED) is 0.834. The predicted molar refractivity (Wildman–Crippen MR) is 84.0 cm³/mol. The lowest BCUT2D eigenvalue weighted by Crippen LogP contribution is -2.32. The maximum atomic E-state index is 12.5. The van der Waals surface area contributed by atoms with Crippen LogP contribution in [0.25, 0.3) is 0 Å². The molecule has 24 heavy (non-hydrogen) atoms. The number of nitrogens with zero attached hydrogens (tertiary/aromatic N) is 4. The van der Waals surface area contributed by atoms with Gasteiger partial charge in [0.2, 0.25) is 11.8 Å². The zero-order chi connectivity index (χ0) is 16.5. The summed E-state index contributed by atoms with van der Waals surface area (Å²) in [5.74, 6) is 2.07. The molecule has 0 spiro atoms. The molecule has 2 aromatic heterocycles. The van der Waals surface area contributed by atoms with Gasteiger partial charge in [-0.3, -0.25) is 9.78 Å². The minimum atomic E-state index is 0.110. The third-order valence-corrected chi connectivity index (χ3v) is 4.86. The van der Waals surface area contributed by atoms with Gasteiger partial charge >= 0.3 is 0 Å². The molecule has 4 heterocycles. The SMILES string of the molecule is Cc1noc(C[C@@H]2CO[C@H]3CN(C(=O)Cc4ccccn4)C[C@@H]23)n1. The molecule has 3 atom stereocenters. The molecule has 2 saturated heterocycles. The van der Waals surface area contributed by atoms with Crippen molar-refractivity contribution in [2.24, 2.45) is 11.8 Å². The molecule has 0 saturated carbocycles. The van der Waals surface area contributed by atoms with Gasteiger partial charge in [0.05, 0.1) is 19.1 Å². The van der Waals surface area contributed by atoms with Gasteiger partial charge in [-0.25, -0.2) is 0 Å². The number of aromatic nitrogens is 3. The molecule has 0 radical (unpaired) electrons. The monoisotopic (exact) mass is 328 g/mol. The van der Waals surface area contributed by atoms with Crippen molar-refractivity contribution in [1.82, 2.24) is 20.0 Å². The van der Waals surface area contributed by atoms with Crippen molar-refractivity contribution in [1.29, 1.82) is 0 Å². The van der Waals surface area contributed by atoms with E-state index in [0.29, 0.717) is 49.5 Å². The Hall–Kier alpha value is -2.28. The van der Waals surface area contributed by atoms with Gasteiger partial charge in [0, 0.05) is 37.3 Å². The average molecular weight is 328 g/mol. The lowest BCUT2D eigenvalue weighted by molar-refractivity contribution is -0.130. The first kappa shape index (κ1) is 15.3. The molecule has 7 heteroatoms. The van der Waals surface area contributed by atoms with E-state index in [1.165, 1.54) is 0 Å². The van der Waals surface area contributed by atoms with E-state index in [-0.39, 0.29) is 12.0 Å². The second-order valence-electron chi connectivity index (χ2n) is 6.53. The fraction of sp³-hybridized carbons (Fsp3) is 0.529. The molecule has 1 amide bonds. The summed E-state index contributed by atoms with van der Waals surface area (Å²) in [6.45, 7) is 3.90. The van der Waals surface area contributed by atoms with Crippen molar-refractivity contribution in [2.45, 2.75) is 25.9 Å². The summed E-state index contributed by atoms with van der Waals surface area (Å²) in [7, 11) is 0. The maximum Gasteiger partial charge on any atom is 0.228 e. The number of hydrogen-bond donors (Lipinski definition) is 0. The van der Waals surface area contributed by atoms with Crippen LogP contribution in [0.3, 0.4) is 0 Å². The van der Waals surface area contributed by atoms with Crippen LogP contribution in [0.2, 0.25) is 0 Å². The summed E-state index contributed by atoms with van der Waals surface area (Å²) >= 11 is 0. The smallest absolute Gasteiger partial charge is 0.228 e. The Labute approximate surface area is 140 Å². The topological polar surface area (TPSA) is 81.4 Å². The van der Waals surface area contributed by atoms with E-state index in [2.05, 4.69) is 15.1 Å². The van der Waals surface area contributed by atoms with Gasteiger partial charge in [-0.05, 0) is 25.0 Å². The number of amides is 1. The molecule has 0 bridgehead atoms. The first-order chi connectivity index (χ1) is 11.7. The van der Waals surface area contributed by atoms with Crippen LogP contribution >= 0.6 is 0 Å². The predicted octanol–water partition coefficient (Wildman–Crippen LogP) is 1.03. The number of carbonyl (C=O) groups is 1. The molecule has 4 rings (SSSR count). The number of aryl methyl sites for hydroxylation is 1. The standard InChI is InChI=1S/C17H20N4O3/c1-11-19-16(24-20-11)6-12-10-23-15-9-21(8-14(12)15)17(22)7-13-4-2-3-5-18-13/h2-5,12,14-15H,6-10H2,1H3/t12-,14+,15+/m1/s1. The fourth-order valence-corrected chi connectivity index (χ4v) is 3.63. The molecular weight excluding hydrogens is 308 g/mol. The van der Waals surface area contributed by atoms with Crippen molar-refractivity contribution in [2.75, 3.05) is 19.7 Å². The Balaban J connectivity index is 1.37. The zero-order valence-electron chi connectivity index (χ0n) is 13.6. The van der Waals surface area contributed by atoms with E-state index in [1.807, 2.05) is 30.0 Å². The molecule has 2 aliphatic rings. The summed E-state index contributed by atoms with van der Waals surface area (Å²) in [5, 5.41) is 3.84. The molecule has 7 nitrogen and oxygen atoms in total. The number of likely N-dealkylation sites (tertiary alicyclic amines) is 1. The van der Waals surface area contributed by atoms with Crippen LogP contribution in [0.4, 0.5) is 0 Å². The highest BCUT2D eigenvalue weighted by molar-refractivity contribution is 5.78. The van der Waals surface area contributed by atoms with Gasteiger partial charge in [-0.2, -0.15) is 4.98 Å². The summed E-state index contributed by atoms with van der Waals surface area (Å²) in [5.41, 5.74) is 0.804. The molecular formula is C17H20N4O3. The van der Waals surface area contributed by atoms with Gasteiger partial charge in [-0.1, -0.05) is 11.2 Å². The minimum Gasteiger partial charge on any atom is -0.376 e. The third-order valence-electron chi connectivity index (χ3n) is 4.86. The van der Waals surface area contributed by atoms with Crippen LogP contribution in [0, 0.1) is 18.8 Å². The first-order valence-electron chi connectivity index (χ1n) is 8.27. The van der Waals surface area contributed by atoms with E-state index in [0.717, 1.165) is 12.2 Å². The molecule has 2 fully saturated rings. The molecule has 0 aliphatic carbocycles. The van der Waals surface area contributed by atoms with Crippen LogP contribution in [0.5, 0.6) is 0 Å². The second-order valence-corrected chi connectivity index (χ2v) is 6.53. The van der Waals surface area contributed by atoms with Crippen LogP contribution in [0.15, 0.2) is 28.9 Å². The lowest BCUT2D eigenvalue weighted by atomic mass is 9.90. The zero-order valence-corrected chi connectivity index (χ0v) is 13.6. The largest absolute Gasteiger partial charge is 0.376 e. The molecule has 2 aliphatic heterocycles. The van der Waals surface area contributed by atoms with E-state index < -0.39 is 0 Å². The van der Waals surface area contributed by atoms with E-state index in [4.69, 9.17) is 9.26 Å². The molecule has 0 unspecified atom stereocenters. The molecule has 2 aromatic rings. The Morgan fingerprint density at radius 1 is 1.38 bits per heavy atom. The highest BCUT2D eigenvalue weighted by Gasteiger charge is 2.45. The molecule has 126 valence electrons. The summed E-state index contributed by atoms with van der Waals surface area (Å²) in [6.07, 6.45) is 2.89. The fourth-order valence-electron chi connectivity index (χ4n) is 3.63. The van der Waals surface area contributed by atoms with Crippen molar-refractivity contribution in [3.05, 3.63) is 41.8 Å². The number of fused-ring (bicyclic) bond motifs is 1. The Morgan fingerprint density at radius 2 is 2.29 bits per heavy atom. The van der Waals surface area contributed by atoms with Gasteiger partial charge in [-0.15, -0.1) is 0 Å². The van der Waals surface area contributed by atoms with Gasteiger partial charge in [0.25, 0.3) is 0 Å². The Kier molecular flexibility index (Phi) is 4.02. The number of hydrogen-bond acceptors (Lipinski definition) is 6. The summed E-state index contributed by atoms with van der Waals surface area (Å²) in [6, 6.07) is 5.64. The highest BCUT2D eigenvalue weighted by Crippen LogP contribution is 2.35. The van der Waals surface area contributed by atoms with Gasteiger partial charge in [0.15, 0.2) is 5.82 Å². The van der Waals surface area contributed by atoms with E-state index in [9.17, 15) is 4.79 Å². The van der Waals surface area contributed by atoms with E-state index in [1.54, 1.807) is 6.20 Å². The second kappa shape index (κ2) is 6.32. The minimum absolute atomic E-state index is 0.110. The number of rotatable bonds is 4. The van der Waals surface area contributed by atoms with Crippen molar-refractivity contribution in [3.63, 3.8) is 0 Å². The Morgan fingerprint density at radius 3 is 3.04 bits per heavy atom. The van der Waals surface area contributed by atoms with Crippen LogP contribution in [-0.2, 0) is 22.4 Å².